The molecule has 1 unspecified atom stereocenters. The minimum absolute atomic E-state index is 0.0303. The number of pyridine rings is 1. The molecule has 4 rings (SSSR count). The van der Waals surface area contributed by atoms with Gasteiger partial charge in [0, 0.05) is 49.0 Å². The molecule has 3 N–H and O–H groups in total. The summed E-state index contributed by atoms with van der Waals surface area (Å²) >= 11 is 0. The molecule has 2 aliphatic heterocycles. The first-order valence-electron chi connectivity index (χ1n) is 10.7. The summed E-state index contributed by atoms with van der Waals surface area (Å²) in [5.41, 5.74) is 2.84. The highest BCUT2D eigenvalue weighted by Crippen LogP contribution is 2.44. The molecule has 0 aromatic carbocycles. The fourth-order valence-corrected chi connectivity index (χ4v) is 4.99. The van der Waals surface area contributed by atoms with Crippen molar-refractivity contribution in [1.29, 1.82) is 0 Å². The highest BCUT2D eigenvalue weighted by Gasteiger charge is 2.42. The number of aromatic amines is 1. The molecule has 1 atom stereocenters. The molecule has 0 aliphatic carbocycles. The van der Waals surface area contributed by atoms with Crippen molar-refractivity contribution in [2.24, 2.45) is 11.3 Å². The summed E-state index contributed by atoms with van der Waals surface area (Å²) in [6, 6.07) is 2.21. The fraction of sp³-hybridized carbons (Fsp3) is 0.619. The van der Waals surface area contributed by atoms with Crippen LogP contribution in [0.3, 0.4) is 0 Å². The van der Waals surface area contributed by atoms with Gasteiger partial charge in [-0.25, -0.2) is 9.78 Å². The number of urea groups is 1. The Kier molecular flexibility index (Phi) is 5.57. The molecular weight excluding hydrogens is 367 g/mol. The first-order chi connectivity index (χ1) is 13.9. The first-order valence-corrected chi connectivity index (χ1v) is 10.7. The smallest absolute Gasteiger partial charge is 0.423 e. The highest BCUT2D eigenvalue weighted by molar-refractivity contribution is 6.60. The Balaban J connectivity index is 1.58. The average molecular weight is 398 g/mol. The third-order valence-corrected chi connectivity index (χ3v) is 6.89. The molecule has 2 aliphatic rings. The summed E-state index contributed by atoms with van der Waals surface area (Å²) in [6.07, 6.45) is 7.30. The fourth-order valence-electron chi connectivity index (χ4n) is 4.99. The quantitative estimate of drug-likeness (QED) is 0.642. The van der Waals surface area contributed by atoms with Gasteiger partial charge in [-0.1, -0.05) is 6.92 Å². The summed E-state index contributed by atoms with van der Waals surface area (Å²) in [4.78, 5) is 22.0. The Bertz CT molecular complexity index is 876. The molecule has 2 aromatic rings. The highest BCUT2D eigenvalue weighted by atomic mass is 16.5. The zero-order valence-electron chi connectivity index (χ0n) is 17.6. The maximum atomic E-state index is 12.4. The van der Waals surface area contributed by atoms with E-state index in [1.54, 1.807) is 6.20 Å². The van der Waals surface area contributed by atoms with Gasteiger partial charge in [-0.2, -0.15) is 0 Å². The van der Waals surface area contributed by atoms with E-state index in [2.05, 4.69) is 22.2 Å². The molecule has 7 nitrogen and oxygen atoms in total. The number of carbonyl (C=O) groups excluding carboxylic acids is 1. The number of hydrogen-bond donors (Lipinski definition) is 3. The number of nitrogens with one attached hydrogen (secondary N) is 2. The van der Waals surface area contributed by atoms with Crippen molar-refractivity contribution in [3.8, 4) is 0 Å². The van der Waals surface area contributed by atoms with Gasteiger partial charge in [-0.05, 0) is 62.5 Å². The molecule has 4 heterocycles. The Morgan fingerprint density at radius 3 is 2.90 bits per heavy atom. The molecule has 1 saturated heterocycles. The monoisotopic (exact) mass is 398 g/mol. The number of fused-ring (bicyclic) bond motifs is 3. The van der Waals surface area contributed by atoms with E-state index in [-0.39, 0.29) is 17.5 Å². The van der Waals surface area contributed by atoms with E-state index in [1.165, 1.54) is 0 Å². The maximum Gasteiger partial charge on any atom is 0.493 e. The van der Waals surface area contributed by atoms with Crippen molar-refractivity contribution >= 4 is 29.6 Å². The van der Waals surface area contributed by atoms with Crippen molar-refractivity contribution in [2.45, 2.75) is 52.5 Å². The van der Waals surface area contributed by atoms with Crippen molar-refractivity contribution in [1.82, 2.24) is 20.2 Å². The number of nitrogens with zero attached hydrogens (tertiary/aromatic N) is 2. The third kappa shape index (κ3) is 3.88. The van der Waals surface area contributed by atoms with Crippen molar-refractivity contribution in [3.05, 3.63) is 24.0 Å². The van der Waals surface area contributed by atoms with Crippen molar-refractivity contribution < 1.29 is 14.5 Å². The van der Waals surface area contributed by atoms with Crippen LogP contribution < -0.4 is 10.8 Å². The van der Waals surface area contributed by atoms with Crippen LogP contribution in [-0.4, -0.2) is 58.8 Å². The van der Waals surface area contributed by atoms with E-state index < -0.39 is 7.12 Å². The van der Waals surface area contributed by atoms with E-state index in [4.69, 9.17) is 4.65 Å². The first kappa shape index (κ1) is 20.2. The Labute approximate surface area is 172 Å². The van der Waals surface area contributed by atoms with Crippen LogP contribution in [-0.2, 0) is 11.1 Å². The van der Waals surface area contributed by atoms with Gasteiger partial charge >= 0.3 is 13.1 Å². The molecule has 1 spiro atoms. The van der Waals surface area contributed by atoms with Crippen LogP contribution in [0, 0.1) is 11.3 Å². The number of hydrogen-bond acceptors (Lipinski definition) is 4. The Hall–Kier alpha value is -2.06. The van der Waals surface area contributed by atoms with Crippen LogP contribution in [0.4, 0.5) is 4.79 Å². The predicted octanol–water partition coefficient (Wildman–Crippen LogP) is 2.05. The Morgan fingerprint density at radius 1 is 1.41 bits per heavy atom. The summed E-state index contributed by atoms with van der Waals surface area (Å²) in [7, 11) is -0.948. The second-order valence-corrected chi connectivity index (χ2v) is 8.96. The zero-order valence-corrected chi connectivity index (χ0v) is 17.6. The second-order valence-electron chi connectivity index (χ2n) is 8.96. The van der Waals surface area contributed by atoms with Crippen LogP contribution in [0.15, 0.2) is 18.5 Å². The second kappa shape index (κ2) is 7.99. The van der Waals surface area contributed by atoms with E-state index in [1.807, 2.05) is 31.0 Å². The lowest BCUT2D eigenvalue weighted by Crippen LogP contribution is -2.50. The maximum absolute atomic E-state index is 12.4. The molecule has 156 valence electrons. The largest absolute Gasteiger partial charge is 0.493 e. The SMILES string of the molecule is CC(C)NC(=O)N1CCC2(CCOB(O)c3cnc4[nH]ccc4c3CC2C)CC1. The van der Waals surface area contributed by atoms with E-state index in [0.717, 1.165) is 60.8 Å². The lowest BCUT2D eigenvalue weighted by Gasteiger charge is -2.46. The number of amides is 2. The minimum atomic E-state index is -0.948. The van der Waals surface area contributed by atoms with Gasteiger partial charge < -0.3 is 24.9 Å². The third-order valence-electron chi connectivity index (χ3n) is 6.89. The molecule has 1 fully saturated rings. The molecule has 2 aromatic heterocycles. The van der Waals surface area contributed by atoms with E-state index in [0.29, 0.717) is 12.5 Å². The van der Waals surface area contributed by atoms with E-state index in [9.17, 15) is 9.82 Å². The summed E-state index contributed by atoms with van der Waals surface area (Å²) in [5, 5.41) is 14.7. The van der Waals surface area contributed by atoms with Gasteiger partial charge in [0.25, 0.3) is 0 Å². The molecule has 0 bridgehead atoms. The van der Waals surface area contributed by atoms with Gasteiger partial charge in [0.2, 0.25) is 0 Å². The summed E-state index contributed by atoms with van der Waals surface area (Å²) in [6.45, 7) is 8.31. The van der Waals surface area contributed by atoms with Crippen LogP contribution in [0.5, 0.6) is 0 Å². The van der Waals surface area contributed by atoms with Crippen LogP contribution in [0.25, 0.3) is 11.0 Å². The van der Waals surface area contributed by atoms with Gasteiger partial charge in [0.1, 0.15) is 5.65 Å². The molecular formula is C21H31BN4O3. The average Bonchev–Trinajstić information content (AvgIpc) is 3.17. The molecule has 0 saturated carbocycles. The number of piperidine rings is 1. The summed E-state index contributed by atoms with van der Waals surface area (Å²) in [5.74, 6) is 0.408. The minimum Gasteiger partial charge on any atom is -0.423 e. The number of carbonyl (C=O) groups is 1. The molecule has 0 radical (unpaired) electrons. The number of H-pyrrole nitrogens is 1. The lowest BCUT2D eigenvalue weighted by atomic mass is 9.65. The summed E-state index contributed by atoms with van der Waals surface area (Å²) < 4.78 is 5.83. The van der Waals surface area contributed by atoms with E-state index >= 15 is 0 Å². The predicted molar refractivity (Wildman–Crippen MR) is 114 cm³/mol. The van der Waals surface area contributed by atoms with Gasteiger partial charge in [-0.15, -0.1) is 0 Å². The normalized spacial score (nSPS) is 22.3. The van der Waals surface area contributed by atoms with Gasteiger partial charge in [-0.3, -0.25) is 0 Å². The lowest BCUT2D eigenvalue weighted by molar-refractivity contribution is 0.0446. The number of rotatable bonds is 1. The standard InChI is InChI=1S/C21H31BN4O3/c1-14(2)25-20(27)26-9-5-21(6-10-26)7-11-29-22(28)18-13-24-19-16(4-8-23-19)17(18)12-15(21)3/h4,8,13-15,28H,5-7,9-12H2,1-3H3,(H,23,24)(H,25,27). The molecule has 29 heavy (non-hydrogen) atoms. The molecule has 8 heteroatoms. The van der Waals surface area contributed by atoms with Crippen LogP contribution in [0.1, 0.15) is 45.6 Å². The van der Waals surface area contributed by atoms with Crippen LogP contribution >= 0.6 is 0 Å². The van der Waals surface area contributed by atoms with Gasteiger partial charge in [0.05, 0.1) is 0 Å². The molecule has 2 amide bonds. The number of aromatic nitrogens is 2. The van der Waals surface area contributed by atoms with Gasteiger partial charge in [0.15, 0.2) is 0 Å². The Morgan fingerprint density at radius 2 is 2.17 bits per heavy atom. The van der Waals surface area contributed by atoms with Crippen molar-refractivity contribution in [2.75, 3.05) is 19.7 Å². The van der Waals surface area contributed by atoms with Crippen molar-refractivity contribution in [3.63, 3.8) is 0 Å². The topological polar surface area (TPSA) is 90.5 Å². The van der Waals surface area contributed by atoms with Crippen LogP contribution in [0.2, 0.25) is 0 Å². The number of likely N-dealkylation sites (tertiary alicyclic amines) is 1. The zero-order chi connectivity index (χ0) is 20.6.